The number of hydrogen-bond acceptors (Lipinski definition) is 2. The molecule has 0 aliphatic rings. The molecule has 1 heterocycles. The molecular formula is C13H15F2N3. The first-order valence-corrected chi connectivity index (χ1v) is 5.75. The van der Waals surface area contributed by atoms with E-state index in [0.29, 0.717) is 12.1 Å². The molecule has 1 aromatic carbocycles. The van der Waals surface area contributed by atoms with Crippen molar-refractivity contribution in [1.82, 2.24) is 15.3 Å². The molecule has 0 aliphatic heterocycles. The van der Waals surface area contributed by atoms with Gasteiger partial charge in [0.1, 0.15) is 5.82 Å². The van der Waals surface area contributed by atoms with Crippen LogP contribution in [0.15, 0.2) is 24.4 Å². The predicted molar refractivity (Wildman–Crippen MR) is 64.9 cm³/mol. The highest BCUT2D eigenvalue weighted by Gasteiger charge is 2.09. The van der Waals surface area contributed by atoms with Crippen molar-refractivity contribution in [2.75, 3.05) is 0 Å². The van der Waals surface area contributed by atoms with Crippen molar-refractivity contribution < 1.29 is 8.78 Å². The maximum Gasteiger partial charge on any atom is 0.159 e. The molecule has 0 saturated carbocycles. The molecule has 0 bridgehead atoms. The second-order valence-electron chi connectivity index (χ2n) is 4.27. The van der Waals surface area contributed by atoms with Gasteiger partial charge in [-0.3, -0.25) is 0 Å². The fourth-order valence-electron chi connectivity index (χ4n) is 1.72. The minimum Gasteiger partial charge on any atom is -0.345 e. The van der Waals surface area contributed by atoms with Crippen molar-refractivity contribution in [2.24, 2.45) is 0 Å². The SMILES string of the molecule is Cc1ncc(CNC(C)c2ccc(F)c(F)c2)[nH]1. The van der Waals surface area contributed by atoms with E-state index in [1.54, 1.807) is 12.3 Å². The van der Waals surface area contributed by atoms with Gasteiger partial charge in [-0.15, -0.1) is 0 Å². The van der Waals surface area contributed by atoms with E-state index in [-0.39, 0.29) is 6.04 Å². The Kier molecular flexibility index (Phi) is 3.72. The van der Waals surface area contributed by atoms with Crippen LogP contribution in [-0.2, 0) is 6.54 Å². The molecular weight excluding hydrogens is 236 g/mol. The van der Waals surface area contributed by atoms with E-state index in [0.717, 1.165) is 17.6 Å². The van der Waals surface area contributed by atoms with Crippen LogP contribution in [0, 0.1) is 18.6 Å². The first kappa shape index (κ1) is 12.7. The summed E-state index contributed by atoms with van der Waals surface area (Å²) in [5.74, 6) is -0.791. The first-order valence-electron chi connectivity index (χ1n) is 5.75. The molecule has 0 radical (unpaired) electrons. The third kappa shape index (κ3) is 2.92. The minimum absolute atomic E-state index is 0.0660. The zero-order valence-corrected chi connectivity index (χ0v) is 10.3. The minimum atomic E-state index is -0.824. The Morgan fingerprint density at radius 1 is 1.33 bits per heavy atom. The quantitative estimate of drug-likeness (QED) is 0.877. The molecule has 0 amide bonds. The van der Waals surface area contributed by atoms with Gasteiger partial charge < -0.3 is 10.3 Å². The number of halogens is 2. The normalized spacial score (nSPS) is 12.7. The van der Waals surface area contributed by atoms with Gasteiger partial charge in [-0.1, -0.05) is 6.07 Å². The highest BCUT2D eigenvalue weighted by molar-refractivity contribution is 5.20. The second kappa shape index (κ2) is 5.27. The number of nitrogens with zero attached hydrogens (tertiary/aromatic N) is 1. The lowest BCUT2D eigenvalue weighted by Crippen LogP contribution is -2.18. The fourth-order valence-corrected chi connectivity index (χ4v) is 1.72. The number of benzene rings is 1. The van der Waals surface area contributed by atoms with Crippen LogP contribution in [0.4, 0.5) is 8.78 Å². The Morgan fingerprint density at radius 3 is 2.72 bits per heavy atom. The topological polar surface area (TPSA) is 40.7 Å². The monoisotopic (exact) mass is 251 g/mol. The lowest BCUT2D eigenvalue weighted by Gasteiger charge is -2.13. The Labute approximate surface area is 104 Å². The van der Waals surface area contributed by atoms with E-state index >= 15 is 0 Å². The van der Waals surface area contributed by atoms with Crippen LogP contribution < -0.4 is 5.32 Å². The number of rotatable bonds is 4. The van der Waals surface area contributed by atoms with Crippen molar-refractivity contribution in [1.29, 1.82) is 0 Å². The molecule has 3 nitrogen and oxygen atoms in total. The largest absolute Gasteiger partial charge is 0.345 e. The number of imidazole rings is 1. The number of nitrogens with one attached hydrogen (secondary N) is 2. The summed E-state index contributed by atoms with van der Waals surface area (Å²) in [6.45, 7) is 4.37. The van der Waals surface area contributed by atoms with Crippen molar-refractivity contribution in [2.45, 2.75) is 26.4 Å². The molecule has 18 heavy (non-hydrogen) atoms. The Balaban J connectivity index is 1.99. The maximum atomic E-state index is 13.1. The summed E-state index contributed by atoms with van der Waals surface area (Å²) >= 11 is 0. The molecule has 0 saturated heterocycles. The molecule has 0 spiro atoms. The summed E-state index contributed by atoms with van der Waals surface area (Å²) in [6.07, 6.45) is 1.75. The number of hydrogen-bond donors (Lipinski definition) is 2. The number of aryl methyl sites for hydroxylation is 1. The summed E-state index contributed by atoms with van der Waals surface area (Å²) in [5, 5.41) is 3.21. The standard InChI is InChI=1S/C13H15F2N3/c1-8(10-3-4-12(14)13(15)5-10)16-6-11-7-17-9(2)18-11/h3-5,7-8,16H,6H2,1-2H3,(H,17,18). The molecule has 1 unspecified atom stereocenters. The lowest BCUT2D eigenvalue weighted by atomic mass is 10.1. The summed E-state index contributed by atoms with van der Waals surface area (Å²) < 4.78 is 25.9. The molecule has 2 rings (SSSR count). The number of H-pyrrole nitrogens is 1. The van der Waals surface area contributed by atoms with Gasteiger partial charge in [0, 0.05) is 24.5 Å². The van der Waals surface area contributed by atoms with Gasteiger partial charge in [-0.05, 0) is 31.5 Å². The van der Waals surface area contributed by atoms with E-state index in [9.17, 15) is 8.78 Å². The Morgan fingerprint density at radius 2 is 2.11 bits per heavy atom. The first-order chi connectivity index (χ1) is 8.56. The van der Waals surface area contributed by atoms with Crippen LogP contribution >= 0.6 is 0 Å². The predicted octanol–water partition coefficient (Wildman–Crippen LogP) is 2.85. The fraction of sp³-hybridized carbons (Fsp3) is 0.308. The third-order valence-electron chi connectivity index (χ3n) is 2.80. The number of aromatic amines is 1. The molecule has 96 valence electrons. The summed E-state index contributed by atoms with van der Waals surface area (Å²) in [6, 6.07) is 3.87. The van der Waals surface area contributed by atoms with Crippen LogP contribution in [0.25, 0.3) is 0 Å². The van der Waals surface area contributed by atoms with Gasteiger partial charge in [-0.25, -0.2) is 13.8 Å². The zero-order valence-electron chi connectivity index (χ0n) is 10.3. The van der Waals surface area contributed by atoms with E-state index < -0.39 is 11.6 Å². The molecule has 1 aromatic heterocycles. The maximum absolute atomic E-state index is 13.1. The average molecular weight is 251 g/mol. The Hall–Kier alpha value is -1.75. The van der Waals surface area contributed by atoms with Crippen LogP contribution in [0.1, 0.15) is 30.0 Å². The van der Waals surface area contributed by atoms with Crippen LogP contribution in [-0.4, -0.2) is 9.97 Å². The van der Waals surface area contributed by atoms with Crippen LogP contribution in [0.2, 0.25) is 0 Å². The third-order valence-corrected chi connectivity index (χ3v) is 2.80. The summed E-state index contributed by atoms with van der Waals surface area (Å²) in [7, 11) is 0. The summed E-state index contributed by atoms with van der Waals surface area (Å²) in [4.78, 5) is 7.18. The molecule has 5 heteroatoms. The Bertz CT molecular complexity index is 537. The van der Waals surface area contributed by atoms with Gasteiger partial charge in [-0.2, -0.15) is 0 Å². The zero-order chi connectivity index (χ0) is 13.1. The van der Waals surface area contributed by atoms with E-state index in [1.807, 2.05) is 13.8 Å². The molecule has 2 N–H and O–H groups in total. The average Bonchev–Trinajstić information content (AvgIpc) is 2.75. The summed E-state index contributed by atoms with van der Waals surface area (Å²) in [5.41, 5.74) is 1.67. The highest BCUT2D eigenvalue weighted by Crippen LogP contribution is 2.16. The van der Waals surface area contributed by atoms with Crippen molar-refractivity contribution in [3.8, 4) is 0 Å². The molecule has 0 fully saturated rings. The molecule has 2 aromatic rings. The highest BCUT2D eigenvalue weighted by atomic mass is 19.2. The van der Waals surface area contributed by atoms with E-state index in [2.05, 4.69) is 15.3 Å². The van der Waals surface area contributed by atoms with Crippen molar-refractivity contribution >= 4 is 0 Å². The number of aromatic nitrogens is 2. The lowest BCUT2D eigenvalue weighted by molar-refractivity contribution is 0.500. The molecule has 0 aliphatic carbocycles. The van der Waals surface area contributed by atoms with Crippen molar-refractivity contribution in [3.63, 3.8) is 0 Å². The van der Waals surface area contributed by atoms with Gasteiger partial charge in [0.2, 0.25) is 0 Å². The van der Waals surface area contributed by atoms with Crippen LogP contribution in [0.3, 0.4) is 0 Å². The second-order valence-corrected chi connectivity index (χ2v) is 4.27. The van der Waals surface area contributed by atoms with Gasteiger partial charge >= 0.3 is 0 Å². The van der Waals surface area contributed by atoms with Crippen molar-refractivity contribution in [3.05, 3.63) is 53.1 Å². The van der Waals surface area contributed by atoms with Gasteiger partial charge in [0.25, 0.3) is 0 Å². The van der Waals surface area contributed by atoms with E-state index in [4.69, 9.17) is 0 Å². The van der Waals surface area contributed by atoms with Crippen LogP contribution in [0.5, 0.6) is 0 Å². The smallest absolute Gasteiger partial charge is 0.159 e. The van der Waals surface area contributed by atoms with Gasteiger partial charge in [0.05, 0.1) is 0 Å². The molecule has 1 atom stereocenters. The van der Waals surface area contributed by atoms with E-state index in [1.165, 1.54) is 6.07 Å². The van der Waals surface area contributed by atoms with Gasteiger partial charge in [0.15, 0.2) is 11.6 Å².